The Balaban J connectivity index is 0.00000261. The van der Waals surface area contributed by atoms with Crippen LogP contribution in [0.3, 0.4) is 0 Å². The highest BCUT2D eigenvalue weighted by atomic mass is 16.6. The maximum atomic E-state index is 12.4. The minimum atomic E-state index is -0.463. The summed E-state index contributed by atoms with van der Waals surface area (Å²) in [7, 11) is 0. The molecule has 1 aliphatic carbocycles. The molecule has 1 aliphatic heterocycles. The number of likely N-dealkylation sites (tertiary alicyclic amines) is 1. The lowest BCUT2D eigenvalue weighted by molar-refractivity contribution is -0.119. The smallest absolute Gasteiger partial charge is 0.410 e. The molecular weight excluding hydrogens is 328 g/mol. The molecule has 3 rings (SSSR count). The number of rotatable bonds is 1. The Morgan fingerprint density at radius 2 is 1.85 bits per heavy atom. The first kappa shape index (κ1) is 18.7. The van der Waals surface area contributed by atoms with Gasteiger partial charge in [0, 0.05) is 21.4 Å². The number of benzene rings is 1. The summed E-state index contributed by atoms with van der Waals surface area (Å²) < 4.78 is 5.52. The molecule has 26 heavy (non-hydrogen) atoms. The van der Waals surface area contributed by atoms with E-state index in [4.69, 9.17) is 4.74 Å². The van der Waals surface area contributed by atoms with Crippen LogP contribution in [-0.4, -0.2) is 35.6 Å². The summed E-state index contributed by atoms with van der Waals surface area (Å²) >= 11 is 0. The lowest BCUT2D eigenvalue weighted by atomic mass is 9.63. The highest BCUT2D eigenvalue weighted by Crippen LogP contribution is 2.48. The van der Waals surface area contributed by atoms with E-state index in [0.717, 1.165) is 25.7 Å². The molecule has 1 aromatic carbocycles. The van der Waals surface area contributed by atoms with Gasteiger partial charge in [0.1, 0.15) is 5.60 Å². The molecule has 144 valence electrons. The number of carbonyl (C=O) groups excluding carboxylic acids is 2. The van der Waals surface area contributed by atoms with Gasteiger partial charge in [0.15, 0.2) is 0 Å². The molecule has 0 unspecified atom stereocenters. The second kappa shape index (κ2) is 6.93. The molecule has 1 fully saturated rings. The maximum absolute atomic E-state index is 12.4. The number of amides is 2. The van der Waals surface area contributed by atoms with Gasteiger partial charge in [0.05, 0.1) is 6.04 Å². The van der Waals surface area contributed by atoms with E-state index in [-0.39, 0.29) is 24.9 Å². The van der Waals surface area contributed by atoms with Gasteiger partial charge in [-0.25, -0.2) is 4.79 Å². The molecule has 0 saturated carbocycles. The van der Waals surface area contributed by atoms with Gasteiger partial charge in [-0.15, -0.1) is 0 Å². The molecule has 5 nitrogen and oxygen atoms in total. The van der Waals surface area contributed by atoms with Crippen molar-refractivity contribution in [3.63, 3.8) is 0 Å². The van der Waals surface area contributed by atoms with Gasteiger partial charge in [0.25, 0.3) is 0 Å². The lowest BCUT2D eigenvalue weighted by Gasteiger charge is -2.47. The van der Waals surface area contributed by atoms with Crippen molar-refractivity contribution in [3.8, 4) is 0 Å². The Morgan fingerprint density at radius 3 is 2.46 bits per heavy atom. The van der Waals surface area contributed by atoms with Crippen molar-refractivity contribution < 1.29 is 15.8 Å². The van der Waals surface area contributed by atoms with E-state index in [0.29, 0.717) is 13.1 Å². The molecule has 0 radical (unpaired) electrons. The van der Waals surface area contributed by atoms with E-state index in [9.17, 15) is 9.59 Å². The van der Waals surface area contributed by atoms with Gasteiger partial charge in [-0.05, 0) is 63.0 Å². The van der Waals surface area contributed by atoms with E-state index in [1.807, 2.05) is 31.7 Å². The number of ether oxygens (including phenoxy) is 1. The van der Waals surface area contributed by atoms with Crippen LogP contribution in [0.15, 0.2) is 24.3 Å². The molecule has 0 aromatic heterocycles. The standard InChI is InChI=1S/C21H30N2O3.H2/c1-15(24)22-18-9-10-21(17-8-6-5-7-16(17)18)11-13-23(14-12-21)19(25)26-20(2,3)4;/h5-8,18H,9-14H2,1-4H3,(H,22,24);1H/t18-;/m1./s1. The largest absolute Gasteiger partial charge is 0.444 e. The van der Waals surface area contributed by atoms with Crippen LogP contribution in [0.4, 0.5) is 4.79 Å². The zero-order valence-electron chi connectivity index (χ0n) is 16.3. The Morgan fingerprint density at radius 1 is 1.19 bits per heavy atom. The quantitative estimate of drug-likeness (QED) is 0.817. The molecule has 1 spiro atoms. The van der Waals surface area contributed by atoms with Crippen LogP contribution in [0, 0.1) is 0 Å². The second-order valence-electron chi connectivity index (χ2n) is 8.63. The fourth-order valence-electron chi connectivity index (χ4n) is 4.35. The third-order valence-corrected chi connectivity index (χ3v) is 5.57. The Kier molecular flexibility index (Phi) is 5.00. The topological polar surface area (TPSA) is 58.6 Å². The first-order valence-corrected chi connectivity index (χ1v) is 9.55. The molecule has 1 atom stereocenters. The van der Waals surface area contributed by atoms with Gasteiger partial charge < -0.3 is 15.0 Å². The minimum absolute atomic E-state index is 0. The fourth-order valence-corrected chi connectivity index (χ4v) is 4.35. The first-order valence-electron chi connectivity index (χ1n) is 9.55. The maximum Gasteiger partial charge on any atom is 0.410 e. The van der Waals surface area contributed by atoms with Crippen molar-refractivity contribution in [2.24, 2.45) is 0 Å². The highest BCUT2D eigenvalue weighted by Gasteiger charge is 2.43. The zero-order valence-corrected chi connectivity index (χ0v) is 16.3. The van der Waals surface area contributed by atoms with Gasteiger partial charge >= 0.3 is 6.09 Å². The van der Waals surface area contributed by atoms with Crippen molar-refractivity contribution in [1.29, 1.82) is 0 Å². The molecular formula is C21H32N2O3. The van der Waals surface area contributed by atoms with E-state index < -0.39 is 5.60 Å². The minimum Gasteiger partial charge on any atom is -0.444 e. The van der Waals surface area contributed by atoms with Crippen molar-refractivity contribution in [2.75, 3.05) is 13.1 Å². The van der Waals surface area contributed by atoms with Crippen LogP contribution < -0.4 is 5.32 Å². The van der Waals surface area contributed by atoms with Crippen LogP contribution >= 0.6 is 0 Å². The molecule has 5 heteroatoms. The Hall–Kier alpha value is -2.04. The normalized spacial score (nSPS) is 21.8. The number of carbonyl (C=O) groups is 2. The molecule has 0 bridgehead atoms. The fraction of sp³-hybridized carbons (Fsp3) is 0.619. The van der Waals surface area contributed by atoms with Gasteiger partial charge in [0.2, 0.25) is 5.91 Å². The summed E-state index contributed by atoms with van der Waals surface area (Å²) in [6.45, 7) is 8.70. The number of nitrogens with one attached hydrogen (secondary N) is 1. The van der Waals surface area contributed by atoms with Gasteiger partial charge in [-0.1, -0.05) is 24.3 Å². The molecule has 2 amide bonds. The van der Waals surface area contributed by atoms with Crippen LogP contribution in [0.25, 0.3) is 0 Å². The number of nitrogens with zero attached hydrogens (tertiary/aromatic N) is 1. The van der Waals surface area contributed by atoms with Crippen molar-refractivity contribution in [1.82, 2.24) is 10.2 Å². The van der Waals surface area contributed by atoms with Gasteiger partial charge in [-0.2, -0.15) is 0 Å². The predicted octanol–water partition coefficient (Wildman–Crippen LogP) is 4.17. The van der Waals surface area contributed by atoms with Crippen LogP contribution in [0.5, 0.6) is 0 Å². The van der Waals surface area contributed by atoms with Gasteiger partial charge in [-0.3, -0.25) is 4.79 Å². The summed E-state index contributed by atoms with van der Waals surface area (Å²) in [5, 5.41) is 3.09. The number of piperidine rings is 1. The summed E-state index contributed by atoms with van der Waals surface area (Å²) in [6.07, 6.45) is 3.65. The lowest BCUT2D eigenvalue weighted by Crippen LogP contribution is -2.49. The molecule has 1 heterocycles. The van der Waals surface area contributed by atoms with Crippen LogP contribution in [0.2, 0.25) is 0 Å². The molecule has 2 aliphatic rings. The molecule has 1 N–H and O–H groups in total. The van der Waals surface area contributed by atoms with Crippen molar-refractivity contribution >= 4 is 12.0 Å². The average Bonchev–Trinajstić information content (AvgIpc) is 2.57. The van der Waals surface area contributed by atoms with Crippen LogP contribution in [-0.2, 0) is 14.9 Å². The molecule has 1 aromatic rings. The highest BCUT2D eigenvalue weighted by molar-refractivity contribution is 5.73. The Labute approximate surface area is 157 Å². The first-order chi connectivity index (χ1) is 12.2. The predicted molar refractivity (Wildman–Crippen MR) is 103 cm³/mol. The monoisotopic (exact) mass is 360 g/mol. The number of hydrogen-bond acceptors (Lipinski definition) is 3. The van der Waals surface area contributed by atoms with E-state index in [1.165, 1.54) is 11.1 Å². The molecule has 1 saturated heterocycles. The SMILES string of the molecule is CC(=O)N[C@@H]1CCC2(CCN(C(=O)OC(C)(C)C)CC2)c2ccccc21.[HH]. The van der Waals surface area contributed by atoms with Crippen molar-refractivity contribution in [3.05, 3.63) is 35.4 Å². The Bertz CT molecular complexity index is 691. The average molecular weight is 360 g/mol. The number of hydrogen-bond donors (Lipinski definition) is 1. The van der Waals surface area contributed by atoms with E-state index >= 15 is 0 Å². The third kappa shape index (κ3) is 3.87. The summed E-state index contributed by atoms with van der Waals surface area (Å²) in [4.78, 5) is 25.7. The zero-order chi connectivity index (χ0) is 18.9. The van der Waals surface area contributed by atoms with E-state index in [1.54, 1.807) is 6.92 Å². The van der Waals surface area contributed by atoms with Crippen molar-refractivity contribution in [2.45, 2.75) is 70.4 Å². The third-order valence-electron chi connectivity index (χ3n) is 5.57. The summed E-state index contributed by atoms with van der Waals surface area (Å²) in [5.41, 5.74) is 2.22. The summed E-state index contributed by atoms with van der Waals surface area (Å²) in [6, 6.07) is 8.56. The summed E-state index contributed by atoms with van der Waals surface area (Å²) in [5.74, 6) is 0.0144. The van der Waals surface area contributed by atoms with E-state index in [2.05, 4.69) is 23.5 Å². The number of fused-ring (bicyclic) bond motifs is 2. The van der Waals surface area contributed by atoms with Crippen LogP contribution in [0.1, 0.15) is 72.0 Å². The second-order valence-corrected chi connectivity index (χ2v) is 8.63.